The van der Waals surface area contributed by atoms with Crippen LogP contribution in [0, 0.1) is 12.7 Å². The molecule has 1 N–H and O–H groups in total. The molecule has 2 heterocycles. The molecule has 1 aliphatic rings. The molecule has 2 aromatic carbocycles. The highest BCUT2D eigenvalue weighted by atomic mass is 19.1. The zero-order valence-electron chi connectivity index (χ0n) is 19.4. The summed E-state index contributed by atoms with van der Waals surface area (Å²) in [5.74, 6) is -0.542. The summed E-state index contributed by atoms with van der Waals surface area (Å²) in [6, 6.07) is 14.5. The SMILES string of the molecule is CCc1ccnc(C2CC(c3cc(C(=O)NC(C)C)cc(-c4ccc(C)cc4F)c3)=NO2)c1. The number of benzene rings is 2. The van der Waals surface area contributed by atoms with E-state index in [2.05, 4.69) is 22.4 Å². The molecular formula is C27H28FN3O2. The van der Waals surface area contributed by atoms with Gasteiger partial charge in [-0.15, -0.1) is 0 Å². The van der Waals surface area contributed by atoms with Gasteiger partial charge in [0.05, 0.1) is 11.4 Å². The van der Waals surface area contributed by atoms with Gasteiger partial charge in [-0.3, -0.25) is 9.78 Å². The average Bonchev–Trinajstić information content (AvgIpc) is 3.29. The van der Waals surface area contributed by atoms with E-state index in [-0.39, 0.29) is 23.9 Å². The van der Waals surface area contributed by atoms with Gasteiger partial charge in [0.25, 0.3) is 5.91 Å². The van der Waals surface area contributed by atoms with Gasteiger partial charge in [-0.25, -0.2) is 4.39 Å². The predicted octanol–water partition coefficient (Wildman–Crippen LogP) is 5.76. The Morgan fingerprint density at radius 1 is 1.15 bits per heavy atom. The highest BCUT2D eigenvalue weighted by Crippen LogP contribution is 2.32. The average molecular weight is 446 g/mol. The number of amides is 1. The lowest BCUT2D eigenvalue weighted by atomic mass is 9.94. The summed E-state index contributed by atoms with van der Waals surface area (Å²) in [5.41, 5.74) is 5.79. The van der Waals surface area contributed by atoms with Crippen molar-refractivity contribution in [2.75, 3.05) is 0 Å². The third-order valence-electron chi connectivity index (χ3n) is 5.64. The van der Waals surface area contributed by atoms with Crippen molar-refractivity contribution in [2.45, 2.75) is 52.7 Å². The Morgan fingerprint density at radius 2 is 1.94 bits per heavy atom. The number of rotatable bonds is 6. The summed E-state index contributed by atoms with van der Waals surface area (Å²) in [5, 5.41) is 7.22. The number of hydrogen-bond acceptors (Lipinski definition) is 4. The molecule has 1 amide bonds. The van der Waals surface area contributed by atoms with Crippen molar-refractivity contribution in [3.8, 4) is 11.1 Å². The molecule has 170 valence electrons. The van der Waals surface area contributed by atoms with Crippen LogP contribution in [-0.2, 0) is 11.3 Å². The largest absolute Gasteiger partial charge is 0.385 e. The van der Waals surface area contributed by atoms with Crippen LogP contribution in [0.15, 0.2) is 59.9 Å². The topological polar surface area (TPSA) is 63.6 Å². The lowest BCUT2D eigenvalue weighted by molar-refractivity contribution is 0.0825. The Kier molecular flexibility index (Phi) is 6.54. The van der Waals surface area contributed by atoms with Crippen LogP contribution in [0.4, 0.5) is 4.39 Å². The molecule has 3 aromatic rings. The van der Waals surface area contributed by atoms with E-state index >= 15 is 0 Å². The highest BCUT2D eigenvalue weighted by Gasteiger charge is 2.26. The lowest BCUT2D eigenvalue weighted by Crippen LogP contribution is -2.30. The van der Waals surface area contributed by atoms with E-state index in [4.69, 9.17) is 4.84 Å². The van der Waals surface area contributed by atoms with Crippen LogP contribution in [0.2, 0.25) is 0 Å². The monoisotopic (exact) mass is 445 g/mol. The molecule has 0 fully saturated rings. The van der Waals surface area contributed by atoms with Gasteiger partial charge in [0.2, 0.25) is 0 Å². The Balaban J connectivity index is 1.70. The smallest absolute Gasteiger partial charge is 0.251 e. The molecule has 1 unspecified atom stereocenters. The number of halogens is 1. The quantitative estimate of drug-likeness (QED) is 0.524. The molecule has 1 aromatic heterocycles. The van der Waals surface area contributed by atoms with E-state index in [1.54, 1.807) is 24.4 Å². The van der Waals surface area contributed by atoms with Gasteiger partial charge in [0.1, 0.15) is 5.82 Å². The molecule has 0 radical (unpaired) electrons. The van der Waals surface area contributed by atoms with E-state index in [0.717, 1.165) is 23.2 Å². The van der Waals surface area contributed by atoms with Crippen molar-refractivity contribution >= 4 is 11.6 Å². The van der Waals surface area contributed by atoms with Gasteiger partial charge in [-0.1, -0.05) is 24.2 Å². The molecule has 6 heteroatoms. The highest BCUT2D eigenvalue weighted by molar-refractivity contribution is 6.05. The molecular weight excluding hydrogens is 417 g/mol. The second-order valence-electron chi connectivity index (χ2n) is 8.69. The van der Waals surface area contributed by atoms with Crippen LogP contribution in [0.1, 0.15) is 66.0 Å². The van der Waals surface area contributed by atoms with Crippen molar-refractivity contribution in [1.29, 1.82) is 0 Å². The molecule has 0 aliphatic carbocycles. The molecule has 0 bridgehead atoms. The Bertz CT molecular complexity index is 1220. The normalized spacial score (nSPS) is 15.3. The van der Waals surface area contributed by atoms with Crippen LogP contribution < -0.4 is 5.32 Å². The number of aryl methyl sites for hydroxylation is 2. The van der Waals surface area contributed by atoms with Gasteiger partial charge >= 0.3 is 0 Å². The van der Waals surface area contributed by atoms with E-state index in [1.807, 2.05) is 45.0 Å². The Labute approximate surface area is 193 Å². The van der Waals surface area contributed by atoms with E-state index in [0.29, 0.717) is 28.8 Å². The second-order valence-corrected chi connectivity index (χ2v) is 8.69. The summed E-state index contributed by atoms with van der Waals surface area (Å²) >= 11 is 0. The van der Waals surface area contributed by atoms with Crippen LogP contribution in [0.3, 0.4) is 0 Å². The fraction of sp³-hybridized carbons (Fsp3) is 0.296. The number of carbonyl (C=O) groups excluding carboxylic acids is 1. The zero-order valence-corrected chi connectivity index (χ0v) is 19.4. The number of hydrogen-bond donors (Lipinski definition) is 1. The number of aromatic nitrogens is 1. The van der Waals surface area contributed by atoms with Gasteiger partial charge in [-0.05, 0) is 80.3 Å². The van der Waals surface area contributed by atoms with Crippen molar-refractivity contribution in [1.82, 2.24) is 10.3 Å². The molecule has 1 atom stereocenters. The molecule has 4 rings (SSSR count). The van der Waals surface area contributed by atoms with Crippen LogP contribution in [0.5, 0.6) is 0 Å². The van der Waals surface area contributed by atoms with Crippen LogP contribution >= 0.6 is 0 Å². The minimum Gasteiger partial charge on any atom is -0.385 e. The first kappa shape index (κ1) is 22.6. The summed E-state index contributed by atoms with van der Waals surface area (Å²) in [6.07, 6.45) is 2.92. The third-order valence-corrected chi connectivity index (χ3v) is 5.64. The lowest BCUT2D eigenvalue weighted by Gasteiger charge is -2.13. The first-order chi connectivity index (χ1) is 15.8. The number of oxime groups is 1. The number of carbonyl (C=O) groups is 1. The summed E-state index contributed by atoms with van der Waals surface area (Å²) in [6.45, 7) is 7.74. The molecule has 5 nitrogen and oxygen atoms in total. The second kappa shape index (κ2) is 9.53. The van der Waals surface area contributed by atoms with Crippen LogP contribution in [0.25, 0.3) is 11.1 Å². The fourth-order valence-electron chi connectivity index (χ4n) is 3.88. The van der Waals surface area contributed by atoms with Gasteiger partial charge < -0.3 is 10.2 Å². The van der Waals surface area contributed by atoms with E-state index in [1.165, 1.54) is 11.6 Å². The molecule has 0 saturated heterocycles. The Hall–Kier alpha value is -3.54. The summed E-state index contributed by atoms with van der Waals surface area (Å²) < 4.78 is 14.8. The Morgan fingerprint density at radius 3 is 2.67 bits per heavy atom. The number of nitrogens with one attached hydrogen (secondary N) is 1. The summed E-state index contributed by atoms with van der Waals surface area (Å²) in [7, 11) is 0. The third kappa shape index (κ3) is 5.11. The molecule has 0 spiro atoms. The first-order valence-electron chi connectivity index (χ1n) is 11.2. The summed E-state index contributed by atoms with van der Waals surface area (Å²) in [4.78, 5) is 23.0. The first-order valence-corrected chi connectivity index (χ1v) is 11.2. The van der Waals surface area contributed by atoms with Crippen LogP contribution in [-0.4, -0.2) is 22.6 Å². The van der Waals surface area contributed by atoms with Gasteiger partial charge in [0, 0.05) is 35.3 Å². The molecule has 33 heavy (non-hydrogen) atoms. The maximum Gasteiger partial charge on any atom is 0.251 e. The zero-order chi connectivity index (χ0) is 23.5. The number of pyridine rings is 1. The van der Waals surface area contributed by atoms with Gasteiger partial charge in [0.15, 0.2) is 6.10 Å². The van der Waals surface area contributed by atoms with Crippen molar-refractivity contribution < 1.29 is 14.0 Å². The molecule has 0 saturated carbocycles. The maximum atomic E-state index is 14.8. The van der Waals surface area contributed by atoms with Crippen molar-refractivity contribution in [2.24, 2.45) is 5.16 Å². The standard InChI is InChI=1S/C27H28FN3O2/c1-5-18-8-9-29-25(11-18)26-15-24(31-33-26)20-12-19(22-7-6-17(4)10-23(22)28)13-21(14-20)27(32)30-16(2)3/h6-14,16,26H,5,15H2,1-4H3,(H,30,32). The van der Waals surface area contributed by atoms with E-state index < -0.39 is 0 Å². The van der Waals surface area contributed by atoms with E-state index in [9.17, 15) is 9.18 Å². The fourth-order valence-corrected chi connectivity index (χ4v) is 3.88. The number of nitrogens with zero attached hydrogens (tertiary/aromatic N) is 2. The minimum atomic E-state index is -0.328. The predicted molar refractivity (Wildman–Crippen MR) is 128 cm³/mol. The van der Waals surface area contributed by atoms with Crippen molar-refractivity contribution in [3.63, 3.8) is 0 Å². The van der Waals surface area contributed by atoms with Gasteiger partial charge in [-0.2, -0.15) is 0 Å². The maximum absolute atomic E-state index is 14.8. The van der Waals surface area contributed by atoms with Crippen molar-refractivity contribution in [3.05, 3.63) is 88.5 Å². The minimum absolute atomic E-state index is 0.0193. The molecule has 1 aliphatic heterocycles.